The molecule has 1 spiro atoms. The van der Waals surface area contributed by atoms with Crippen molar-refractivity contribution in [3.05, 3.63) is 48.2 Å². The molecule has 3 aliphatic heterocycles. The number of piperidine rings is 1. The monoisotopic (exact) mass is 451 g/mol. The van der Waals surface area contributed by atoms with Gasteiger partial charge in [0.2, 0.25) is 0 Å². The van der Waals surface area contributed by atoms with Gasteiger partial charge in [-0.2, -0.15) is 0 Å². The summed E-state index contributed by atoms with van der Waals surface area (Å²) < 4.78 is 0. The zero-order chi connectivity index (χ0) is 23.5. The van der Waals surface area contributed by atoms with Gasteiger partial charge in [-0.05, 0) is 51.9 Å². The maximum atomic E-state index is 13.4. The fourth-order valence-corrected chi connectivity index (χ4v) is 6.64. The van der Waals surface area contributed by atoms with Crippen LogP contribution < -0.4 is 5.32 Å². The van der Waals surface area contributed by atoms with E-state index in [4.69, 9.17) is 0 Å². The lowest BCUT2D eigenvalue weighted by Crippen LogP contribution is -2.70. The third kappa shape index (κ3) is 5.31. The molecule has 1 unspecified atom stereocenters. The highest BCUT2D eigenvalue weighted by molar-refractivity contribution is 5.96. The Labute approximate surface area is 201 Å². The van der Waals surface area contributed by atoms with Gasteiger partial charge in [0.25, 0.3) is 5.91 Å². The number of nitrogens with one attached hydrogen (secondary N) is 1. The van der Waals surface area contributed by atoms with Gasteiger partial charge in [-0.3, -0.25) is 10.1 Å². The van der Waals surface area contributed by atoms with Crippen LogP contribution in [0.3, 0.4) is 0 Å². The Balaban J connectivity index is 1.41. The molecule has 0 radical (unpaired) electrons. The molecule has 2 saturated heterocycles. The Bertz CT molecular complexity index is 807. The maximum absolute atomic E-state index is 13.4. The number of piperazine rings is 1. The van der Waals surface area contributed by atoms with Crippen molar-refractivity contribution in [2.75, 3.05) is 19.6 Å². The van der Waals surface area contributed by atoms with E-state index in [1.54, 1.807) is 0 Å². The van der Waals surface area contributed by atoms with E-state index in [0.29, 0.717) is 6.04 Å². The topological polar surface area (TPSA) is 35.6 Å². The number of fused-ring (bicyclic) bond motifs is 2. The quantitative estimate of drug-likeness (QED) is 0.318. The van der Waals surface area contributed by atoms with Crippen LogP contribution in [0.4, 0.5) is 0 Å². The first-order valence-corrected chi connectivity index (χ1v) is 13.4. The molecule has 3 fully saturated rings. The van der Waals surface area contributed by atoms with Gasteiger partial charge in [0.1, 0.15) is 0 Å². The Morgan fingerprint density at radius 2 is 1.94 bits per heavy atom. The molecule has 182 valence electrons. The summed E-state index contributed by atoms with van der Waals surface area (Å²) in [5, 5.41) is 4.00. The summed E-state index contributed by atoms with van der Waals surface area (Å²) in [5.74, 6) is 1.02. The summed E-state index contributed by atoms with van der Waals surface area (Å²) in [6.45, 7) is 13.4. The van der Waals surface area contributed by atoms with Crippen LogP contribution in [-0.4, -0.2) is 52.5 Å². The SMILES string of the molecule is C=CC1CC=C2N1CC(C)(C)NC21CCN(C(=O)C(/C=C\CC2CCCCC2)=C/CC)CC1. The number of amides is 1. The standard InChI is InChI=1S/C29H45N3O/c1-5-11-24(15-10-14-23-12-8-7-9-13-23)27(33)31-20-18-29(19-21-31)26-17-16-25(6-2)32(26)22-28(3,4)30-29/h6,10-11,15,17,23,25,30H,2,5,7-9,12-14,16,18-22H2,1,3-4H3/b15-10-,24-11+. The van der Waals surface area contributed by atoms with Crippen molar-refractivity contribution in [3.8, 4) is 0 Å². The second kappa shape index (κ2) is 10.2. The van der Waals surface area contributed by atoms with Crippen molar-refractivity contribution in [1.82, 2.24) is 15.1 Å². The van der Waals surface area contributed by atoms with Gasteiger partial charge in [0, 0.05) is 36.4 Å². The second-order valence-electron chi connectivity index (χ2n) is 11.3. The van der Waals surface area contributed by atoms with Gasteiger partial charge in [-0.25, -0.2) is 0 Å². The molecule has 4 nitrogen and oxygen atoms in total. The number of hydrogen-bond acceptors (Lipinski definition) is 3. The Morgan fingerprint density at radius 3 is 2.61 bits per heavy atom. The Kier molecular flexibility index (Phi) is 7.53. The van der Waals surface area contributed by atoms with Crippen LogP contribution in [-0.2, 0) is 4.79 Å². The van der Waals surface area contributed by atoms with Gasteiger partial charge in [0.15, 0.2) is 0 Å². The van der Waals surface area contributed by atoms with E-state index in [0.717, 1.165) is 63.2 Å². The minimum absolute atomic E-state index is 0.0260. The molecule has 1 aliphatic carbocycles. The van der Waals surface area contributed by atoms with Crippen LogP contribution in [0.15, 0.2) is 48.2 Å². The van der Waals surface area contributed by atoms with Crippen molar-refractivity contribution >= 4 is 5.91 Å². The number of allylic oxidation sites excluding steroid dienone is 2. The number of likely N-dealkylation sites (tertiary alicyclic amines) is 1. The number of carbonyl (C=O) groups is 1. The van der Waals surface area contributed by atoms with Gasteiger partial charge in [-0.15, -0.1) is 6.58 Å². The molecule has 0 bridgehead atoms. The first kappa shape index (κ1) is 24.3. The Hall–Kier alpha value is -1.81. The van der Waals surface area contributed by atoms with E-state index in [-0.39, 0.29) is 17.0 Å². The average molecular weight is 452 g/mol. The molecular formula is C29H45N3O. The zero-order valence-corrected chi connectivity index (χ0v) is 21.2. The van der Waals surface area contributed by atoms with Gasteiger partial charge >= 0.3 is 0 Å². The molecule has 1 N–H and O–H groups in total. The van der Waals surface area contributed by atoms with E-state index >= 15 is 0 Å². The van der Waals surface area contributed by atoms with Crippen LogP contribution in [0, 0.1) is 5.92 Å². The van der Waals surface area contributed by atoms with Crippen molar-refractivity contribution < 1.29 is 4.79 Å². The van der Waals surface area contributed by atoms with E-state index in [1.165, 1.54) is 37.8 Å². The molecule has 33 heavy (non-hydrogen) atoms. The van der Waals surface area contributed by atoms with Crippen LogP contribution in [0.25, 0.3) is 0 Å². The zero-order valence-electron chi connectivity index (χ0n) is 21.2. The van der Waals surface area contributed by atoms with E-state index in [2.05, 4.69) is 72.8 Å². The largest absolute Gasteiger partial charge is 0.365 e. The van der Waals surface area contributed by atoms with Crippen LogP contribution in [0.5, 0.6) is 0 Å². The first-order valence-electron chi connectivity index (χ1n) is 13.4. The lowest BCUT2D eigenvalue weighted by atomic mass is 9.78. The number of hydrogen-bond donors (Lipinski definition) is 1. The minimum atomic E-state index is -0.0260. The van der Waals surface area contributed by atoms with Gasteiger partial charge < -0.3 is 9.80 Å². The second-order valence-corrected chi connectivity index (χ2v) is 11.3. The Morgan fingerprint density at radius 1 is 1.21 bits per heavy atom. The fourth-order valence-electron chi connectivity index (χ4n) is 6.64. The van der Waals surface area contributed by atoms with Gasteiger partial charge in [-0.1, -0.05) is 69.4 Å². The number of carbonyl (C=O) groups excluding carboxylic acids is 1. The highest BCUT2D eigenvalue weighted by Gasteiger charge is 2.50. The molecule has 1 amide bonds. The lowest BCUT2D eigenvalue weighted by Gasteiger charge is -2.56. The molecule has 4 aliphatic rings. The normalized spacial score (nSPS) is 27.7. The fraction of sp³-hybridized carbons (Fsp3) is 0.690. The van der Waals surface area contributed by atoms with E-state index in [9.17, 15) is 4.79 Å². The predicted octanol–water partition coefficient (Wildman–Crippen LogP) is 5.74. The molecule has 1 saturated carbocycles. The summed E-state index contributed by atoms with van der Waals surface area (Å²) in [6, 6.07) is 0.409. The van der Waals surface area contributed by atoms with E-state index < -0.39 is 0 Å². The first-order chi connectivity index (χ1) is 15.9. The third-order valence-corrected chi connectivity index (χ3v) is 8.23. The number of rotatable bonds is 6. The molecule has 0 aromatic rings. The van der Waals surface area contributed by atoms with Crippen molar-refractivity contribution in [3.63, 3.8) is 0 Å². The molecule has 0 aromatic carbocycles. The van der Waals surface area contributed by atoms with Crippen LogP contribution >= 0.6 is 0 Å². The van der Waals surface area contributed by atoms with Gasteiger partial charge in [0.05, 0.1) is 11.6 Å². The summed E-state index contributed by atoms with van der Waals surface area (Å²) in [7, 11) is 0. The smallest absolute Gasteiger partial charge is 0.253 e. The maximum Gasteiger partial charge on any atom is 0.253 e. The minimum Gasteiger partial charge on any atom is -0.365 e. The van der Waals surface area contributed by atoms with Crippen molar-refractivity contribution in [1.29, 1.82) is 0 Å². The highest BCUT2D eigenvalue weighted by atomic mass is 16.2. The summed E-state index contributed by atoms with van der Waals surface area (Å²) in [4.78, 5) is 18.1. The summed E-state index contributed by atoms with van der Waals surface area (Å²) >= 11 is 0. The molecule has 4 rings (SSSR count). The van der Waals surface area contributed by atoms with E-state index in [1.807, 2.05) is 0 Å². The number of nitrogens with zero attached hydrogens (tertiary/aromatic N) is 2. The molecule has 0 aromatic heterocycles. The molecule has 1 atom stereocenters. The third-order valence-electron chi connectivity index (χ3n) is 8.23. The van der Waals surface area contributed by atoms with Crippen LogP contribution in [0.2, 0.25) is 0 Å². The highest BCUT2D eigenvalue weighted by Crippen LogP contribution is 2.43. The van der Waals surface area contributed by atoms with Crippen LogP contribution in [0.1, 0.15) is 85.0 Å². The predicted molar refractivity (Wildman–Crippen MR) is 138 cm³/mol. The summed E-state index contributed by atoms with van der Waals surface area (Å²) in [6.07, 6.45) is 22.9. The van der Waals surface area contributed by atoms with Crippen molar-refractivity contribution in [2.45, 2.75) is 102 Å². The average Bonchev–Trinajstić information content (AvgIpc) is 3.22. The molecular weight excluding hydrogens is 406 g/mol. The summed E-state index contributed by atoms with van der Waals surface area (Å²) in [5.41, 5.74) is 2.34. The van der Waals surface area contributed by atoms with Crippen molar-refractivity contribution in [2.24, 2.45) is 5.92 Å². The molecule has 4 heteroatoms. The molecule has 3 heterocycles. The lowest BCUT2D eigenvalue weighted by molar-refractivity contribution is -0.128.